The van der Waals surface area contributed by atoms with Gasteiger partial charge in [-0.2, -0.15) is 0 Å². The third-order valence-electron chi connectivity index (χ3n) is 4.76. The van der Waals surface area contributed by atoms with E-state index in [4.69, 9.17) is 4.74 Å². The Balaban J connectivity index is 1.69. The average molecular weight is 445 g/mol. The number of hydrogen-bond acceptors (Lipinski definition) is 3. The fourth-order valence-corrected chi connectivity index (χ4v) is 4.13. The Labute approximate surface area is 174 Å². The van der Waals surface area contributed by atoms with Gasteiger partial charge in [0.25, 0.3) is 0 Å². The van der Waals surface area contributed by atoms with Crippen molar-refractivity contribution in [1.82, 2.24) is 0 Å². The Morgan fingerprint density at radius 3 is 2.36 bits per heavy atom. The van der Waals surface area contributed by atoms with E-state index in [2.05, 4.69) is 21.2 Å². The van der Waals surface area contributed by atoms with Gasteiger partial charge in [-0.05, 0) is 75.2 Å². The Bertz CT molecular complexity index is 870. The Kier molecular flexibility index (Phi) is 6.08. The number of ether oxygens (including phenoxy) is 1. The Morgan fingerprint density at radius 1 is 1.18 bits per heavy atom. The summed E-state index contributed by atoms with van der Waals surface area (Å²) in [7, 11) is 0. The highest BCUT2D eigenvalue weighted by Gasteiger charge is 2.35. The second kappa shape index (κ2) is 8.35. The number of benzene rings is 2. The number of carbonyl (C=O) groups is 2. The van der Waals surface area contributed by atoms with Gasteiger partial charge in [-0.1, -0.05) is 15.9 Å². The van der Waals surface area contributed by atoms with E-state index in [1.54, 1.807) is 4.90 Å². The van der Waals surface area contributed by atoms with E-state index < -0.39 is 0 Å². The molecule has 5 nitrogen and oxygen atoms in total. The maximum atomic E-state index is 12.8. The number of amides is 2. The molecule has 0 aromatic heterocycles. The van der Waals surface area contributed by atoms with Gasteiger partial charge in [0, 0.05) is 28.8 Å². The summed E-state index contributed by atoms with van der Waals surface area (Å²) in [6, 6.07) is 11.4. The summed E-state index contributed by atoms with van der Waals surface area (Å²) in [5.41, 5.74) is 3.57. The minimum Gasteiger partial charge on any atom is -0.491 e. The van der Waals surface area contributed by atoms with Crippen molar-refractivity contribution < 1.29 is 14.3 Å². The topological polar surface area (TPSA) is 58.6 Å². The Morgan fingerprint density at radius 2 is 1.79 bits per heavy atom. The SMILES string of the molecule is Cc1cc(Br)cc(C)c1NC(=O)[C@H]1CC(=O)N(c2ccc(OC(C)C)cc2)C1. The molecule has 3 rings (SSSR count). The fourth-order valence-electron chi connectivity index (χ4n) is 3.44. The molecule has 1 aliphatic heterocycles. The molecule has 1 saturated heterocycles. The first-order valence-electron chi connectivity index (χ1n) is 9.39. The maximum absolute atomic E-state index is 12.8. The van der Waals surface area contributed by atoms with Crippen LogP contribution in [0.5, 0.6) is 5.75 Å². The molecule has 1 heterocycles. The van der Waals surface area contributed by atoms with E-state index in [0.717, 1.165) is 32.7 Å². The van der Waals surface area contributed by atoms with Crippen molar-refractivity contribution in [2.75, 3.05) is 16.8 Å². The third-order valence-corrected chi connectivity index (χ3v) is 5.22. The summed E-state index contributed by atoms with van der Waals surface area (Å²) in [5.74, 6) is 0.230. The zero-order chi connectivity index (χ0) is 20.4. The summed E-state index contributed by atoms with van der Waals surface area (Å²) in [5, 5.41) is 3.01. The molecule has 2 amide bonds. The van der Waals surface area contributed by atoms with Crippen molar-refractivity contribution in [3.63, 3.8) is 0 Å². The second-order valence-electron chi connectivity index (χ2n) is 7.47. The molecule has 0 saturated carbocycles. The molecule has 0 bridgehead atoms. The number of aryl methyl sites for hydroxylation is 2. The predicted molar refractivity (Wildman–Crippen MR) is 115 cm³/mol. The van der Waals surface area contributed by atoms with Crippen LogP contribution in [-0.2, 0) is 9.59 Å². The summed E-state index contributed by atoms with van der Waals surface area (Å²) in [6.07, 6.45) is 0.308. The highest BCUT2D eigenvalue weighted by molar-refractivity contribution is 9.10. The van der Waals surface area contributed by atoms with Crippen LogP contribution in [0.25, 0.3) is 0 Å². The molecule has 148 valence electrons. The van der Waals surface area contributed by atoms with E-state index in [0.29, 0.717) is 6.54 Å². The van der Waals surface area contributed by atoms with Gasteiger partial charge in [0.2, 0.25) is 11.8 Å². The first-order valence-corrected chi connectivity index (χ1v) is 10.2. The number of nitrogens with zero attached hydrogens (tertiary/aromatic N) is 1. The summed E-state index contributed by atoms with van der Waals surface area (Å²) in [6.45, 7) is 8.23. The van der Waals surface area contributed by atoms with Gasteiger partial charge in [0.15, 0.2) is 0 Å². The van der Waals surface area contributed by atoms with Gasteiger partial charge in [0.1, 0.15) is 5.75 Å². The van der Waals surface area contributed by atoms with Crippen LogP contribution in [0.4, 0.5) is 11.4 Å². The predicted octanol–water partition coefficient (Wildman–Crippen LogP) is 4.84. The molecule has 0 spiro atoms. The first kappa shape index (κ1) is 20.4. The summed E-state index contributed by atoms with van der Waals surface area (Å²) >= 11 is 3.47. The molecule has 1 atom stereocenters. The van der Waals surface area contributed by atoms with Crippen molar-refractivity contribution in [2.45, 2.75) is 40.2 Å². The molecule has 0 aliphatic carbocycles. The van der Waals surface area contributed by atoms with Crippen LogP contribution in [0.1, 0.15) is 31.4 Å². The quantitative estimate of drug-likeness (QED) is 0.716. The van der Waals surface area contributed by atoms with Crippen molar-refractivity contribution >= 4 is 39.1 Å². The molecule has 2 aromatic rings. The molecule has 0 radical (unpaired) electrons. The molecule has 2 aromatic carbocycles. The largest absolute Gasteiger partial charge is 0.491 e. The smallest absolute Gasteiger partial charge is 0.229 e. The fraction of sp³-hybridized carbons (Fsp3) is 0.364. The normalized spacial score (nSPS) is 16.6. The van der Waals surface area contributed by atoms with Gasteiger partial charge in [-0.15, -0.1) is 0 Å². The molecule has 28 heavy (non-hydrogen) atoms. The summed E-state index contributed by atoms with van der Waals surface area (Å²) < 4.78 is 6.62. The van der Waals surface area contributed by atoms with E-state index in [1.165, 1.54) is 0 Å². The maximum Gasteiger partial charge on any atom is 0.229 e. The van der Waals surface area contributed by atoms with Crippen molar-refractivity contribution in [1.29, 1.82) is 0 Å². The summed E-state index contributed by atoms with van der Waals surface area (Å²) in [4.78, 5) is 26.9. The van der Waals surface area contributed by atoms with E-state index in [1.807, 2.05) is 64.1 Å². The lowest BCUT2D eigenvalue weighted by Gasteiger charge is -2.18. The standard InChI is InChI=1S/C22H25BrN2O3/c1-13(2)28-19-7-5-18(6-8-19)25-12-16(11-20(25)26)22(27)24-21-14(3)9-17(23)10-15(21)4/h5-10,13,16H,11-12H2,1-4H3,(H,24,27)/t16-/m0/s1. The monoisotopic (exact) mass is 444 g/mol. The lowest BCUT2D eigenvalue weighted by molar-refractivity contribution is -0.122. The van der Waals surface area contributed by atoms with Crippen LogP contribution in [0.15, 0.2) is 40.9 Å². The van der Waals surface area contributed by atoms with Gasteiger partial charge < -0.3 is 15.0 Å². The highest BCUT2D eigenvalue weighted by atomic mass is 79.9. The number of rotatable bonds is 5. The number of halogens is 1. The van der Waals surface area contributed by atoms with Crippen LogP contribution in [-0.4, -0.2) is 24.5 Å². The minimum absolute atomic E-state index is 0.0399. The van der Waals surface area contributed by atoms with Crippen LogP contribution in [0, 0.1) is 19.8 Å². The zero-order valence-electron chi connectivity index (χ0n) is 16.6. The molecular weight excluding hydrogens is 420 g/mol. The lowest BCUT2D eigenvalue weighted by atomic mass is 10.1. The van der Waals surface area contributed by atoms with Crippen LogP contribution < -0.4 is 15.0 Å². The minimum atomic E-state index is -0.374. The molecule has 1 aliphatic rings. The van der Waals surface area contributed by atoms with Crippen LogP contribution in [0.2, 0.25) is 0 Å². The van der Waals surface area contributed by atoms with Crippen molar-refractivity contribution in [2.24, 2.45) is 5.92 Å². The number of carbonyl (C=O) groups excluding carboxylic acids is 2. The third kappa shape index (κ3) is 4.55. The van der Waals surface area contributed by atoms with Gasteiger partial charge in [0.05, 0.1) is 12.0 Å². The van der Waals surface area contributed by atoms with Crippen molar-refractivity contribution in [3.8, 4) is 5.75 Å². The van der Waals surface area contributed by atoms with Crippen LogP contribution in [0.3, 0.4) is 0 Å². The van der Waals surface area contributed by atoms with Crippen molar-refractivity contribution in [3.05, 3.63) is 52.0 Å². The molecule has 1 fully saturated rings. The number of nitrogens with one attached hydrogen (secondary N) is 1. The average Bonchev–Trinajstić information content (AvgIpc) is 3.00. The van der Waals surface area contributed by atoms with E-state index in [-0.39, 0.29) is 30.3 Å². The van der Waals surface area contributed by atoms with Gasteiger partial charge >= 0.3 is 0 Å². The van der Waals surface area contributed by atoms with Gasteiger partial charge in [-0.25, -0.2) is 0 Å². The first-order chi connectivity index (χ1) is 13.2. The van der Waals surface area contributed by atoms with E-state index in [9.17, 15) is 9.59 Å². The molecule has 0 unspecified atom stereocenters. The van der Waals surface area contributed by atoms with E-state index >= 15 is 0 Å². The zero-order valence-corrected chi connectivity index (χ0v) is 18.2. The van der Waals surface area contributed by atoms with Crippen LogP contribution >= 0.6 is 15.9 Å². The Hall–Kier alpha value is -2.34. The number of anilines is 2. The second-order valence-corrected chi connectivity index (χ2v) is 8.39. The molecule has 1 N–H and O–H groups in total. The lowest BCUT2D eigenvalue weighted by Crippen LogP contribution is -2.28. The number of hydrogen-bond donors (Lipinski definition) is 1. The van der Waals surface area contributed by atoms with Gasteiger partial charge in [-0.3, -0.25) is 9.59 Å². The molecule has 6 heteroatoms. The molecular formula is C22H25BrN2O3. The highest BCUT2D eigenvalue weighted by Crippen LogP contribution is 2.30.